The monoisotopic (exact) mass is 425 g/mol. The van der Waals surface area contributed by atoms with Gasteiger partial charge in [-0.1, -0.05) is 17.7 Å². The SMILES string of the molecule is Cc1cc(Cl)ccc1O[C@@H]1C(=O)N(c2ccc(F)cc2)[C@H]1c1ccc2c(c1)OCO2. The normalized spacial score (nSPS) is 19.6. The second-order valence-corrected chi connectivity index (χ2v) is 7.63. The van der Waals surface area contributed by atoms with Crippen LogP contribution >= 0.6 is 11.6 Å². The van der Waals surface area contributed by atoms with E-state index in [1.54, 1.807) is 35.2 Å². The number of hydrogen-bond acceptors (Lipinski definition) is 4. The van der Waals surface area contributed by atoms with Gasteiger partial charge in [-0.15, -0.1) is 0 Å². The quantitative estimate of drug-likeness (QED) is 0.549. The maximum atomic E-state index is 13.4. The molecule has 5 rings (SSSR count). The molecule has 2 aliphatic rings. The van der Waals surface area contributed by atoms with E-state index in [0.717, 1.165) is 11.1 Å². The van der Waals surface area contributed by atoms with Crippen molar-refractivity contribution < 1.29 is 23.4 Å². The van der Waals surface area contributed by atoms with Gasteiger partial charge in [0.25, 0.3) is 5.91 Å². The zero-order chi connectivity index (χ0) is 20.8. The lowest BCUT2D eigenvalue weighted by Crippen LogP contribution is -2.61. The standard InChI is InChI=1S/C23H17ClFNO4/c1-13-10-15(24)3-9-18(13)30-22-21(14-2-8-19-20(11-14)29-12-28-19)26(23(22)27)17-6-4-16(25)5-7-17/h2-11,21-22H,12H2,1H3/t21-,22-/m0/s1. The molecule has 0 spiro atoms. The van der Waals surface area contributed by atoms with Crippen LogP contribution in [0.1, 0.15) is 17.2 Å². The van der Waals surface area contributed by atoms with Gasteiger partial charge in [0.15, 0.2) is 11.5 Å². The zero-order valence-corrected chi connectivity index (χ0v) is 16.7. The molecule has 30 heavy (non-hydrogen) atoms. The highest BCUT2D eigenvalue weighted by Gasteiger charge is 2.51. The molecule has 1 amide bonds. The molecule has 3 aromatic rings. The molecule has 0 N–H and O–H groups in total. The van der Waals surface area contributed by atoms with Crippen molar-refractivity contribution in [3.05, 3.63) is 82.6 Å². The fraction of sp³-hybridized carbons (Fsp3) is 0.174. The summed E-state index contributed by atoms with van der Waals surface area (Å²) in [6.07, 6.45) is -0.740. The van der Waals surface area contributed by atoms with Gasteiger partial charge in [-0.25, -0.2) is 4.39 Å². The molecule has 5 nitrogen and oxygen atoms in total. The van der Waals surface area contributed by atoms with Gasteiger partial charge < -0.3 is 14.2 Å². The van der Waals surface area contributed by atoms with Gasteiger partial charge in [0.2, 0.25) is 12.9 Å². The topological polar surface area (TPSA) is 48.0 Å². The van der Waals surface area contributed by atoms with Crippen LogP contribution in [0, 0.1) is 12.7 Å². The van der Waals surface area contributed by atoms with Crippen LogP contribution in [0.15, 0.2) is 60.7 Å². The van der Waals surface area contributed by atoms with Gasteiger partial charge >= 0.3 is 0 Å². The molecule has 0 bridgehead atoms. The summed E-state index contributed by atoms with van der Waals surface area (Å²) in [5.74, 6) is 1.29. The number of halogens is 2. The van der Waals surface area contributed by atoms with Crippen molar-refractivity contribution in [2.75, 3.05) is 11.7 Å². The Bertz CT molecular complexity index is 1130. The molecule has 0 radical (unpaired) electrons. The molecular formula is C23H17ClFNO4. The molecule has 3 aromatic carbocycles. The van der Waals surface area contributed by atoms with Crippen LogP contribution in [0.3, 0.4) is 0 Å². The van der Waals surface area contributed by atoms with Crippen LogP contribution in [-0.2, 0) is 4.79 Å². The van der Waals surface area contributed by atoms with Crippen molar-refractivity contribution in [1.29, 1.82) is 0 Å². The van der Waals surface area contributed by atoms with Gasteiger partial charge in [-0.2, -0.15) is 0 Å². The Kier molecular flexibility index (Phi) is 4.51. The maximum absolute atomic E-state index is 13.4. The highest BCUT2D eigenvalue weighted by Crippen LogP contribution is 2.44. The van der Waals surface area contributed by atoms with Crippen molar-refractivity contribution in [2.24, 2.45) is 0 Å². The number of hydrogen-bond donors (Lipinski definition) is 0. The van der Waals surface area contributed by atoms with E-state index in [2.05, 4.69) is 0 Å². The lowest BCUT2D eigenvalue weighted by Gasteiger charge is -2.46. The molecule has 152 valence electrons. The summed E-state index contributed by atoms with van der Waals surface area (Å²) in [5.41, 5.74) is 2.26. The molecule has 0 saturated carbocycles. The zero-order valence-electron chi connectivity index (χ0n) is 16.0. The number of nitrogens with zero attached hydrogens (tertiary/aromatic N) is 1. The number of benzene rings is 3. The van der Waals surface area contributed by atoms with E-state index in [1.807, 2.05) is 25.1 Å². The number of ether oxygens (including phenoxy) is 3. The first-order chi connectivity index (χ1) is 14.5. The Morgan fingerprint density at radius 3 is 2.57 bits per heavy atom. The second kappa shape index (κ2) is 7.22. The Morgan fingerprint density at radius 1 is 1.03 bits per heavy atom. The minimum atomic E-state index is -0.740. The predicted molar refractivity (Wildman–Crippen MR) is 110 cm³/mol. The predicted octanol–water partition coefficient (Wildman–Crippen LogP) is 5.05. The average molecular weight is 426 g/mol. The molecule has 2 heterocycles. The molecule has 7 heteroatoms. The fourth-order valence-electron chi connectivity index (χ4n) is 3.77. The number of aryl methyl sites for hydroxylation is 1. The van der Waals surface area contributed by atoms with Crippen molar-refractivity contribution in [1.82, 2.24) is 0 Å². The number of rotatable bonds is 4. The Hall–Kier alpha value is -3.25. The van der Waals surface area contributed by atoms with E-state index in [0.29, 0.717) is 28.0 Å². The molecule has 0 aliphatic carbocycles. The summed E-state index contributed by atoms with van der Waals surface area (Å²) in [6.45, 7) is 2.03. The van der Waals surface area contributed by atoms with Crippen molar-refractivity contribution in [2.45, 2.75) is 19.1 Å². The number of carbonyl (C=O) groups excluding carboxylic acids is 1. The van der Waals surface area contributed by atoms with Crippen molar-refractivity contribution in [3.8, 4) is 17.2 Å². The van der Waals surface area contributed by atoms with Gasteiger partial charge in [-0.05, 0) is 72.6 Å². The lowest BCUT2D eigenvalue weighted by molar-refractivity contribution is -0.135. The average Bonchev–Trinajstić information content (AvgIpc) is 3.20. The third-order valence-corrected chi connectivity index (χ3v) is 5.51. The van der Waals surface area contributed by atoms with Crippen LogP contribution in [0.25, 0.3) is 0 Å². The van der Waals surface area contributed by atoms with E-state index in [9.17, 15) is 9.18 Å². The summed E-state index contributed by atoms with van der Waals surface area (Å²) < 4.78 is 30.4. The largest absolute Gasteiger partial charge is 0.478 e. The number of amides is 1. The lowest BCUT2D eigenvalue weighted by atomic mass is 9.89. The molecule has 1 fully saturated rings. The first-order valence-corrected chi connectivity index (χ1v) is 9.80. The summed E-state index contributed by atoms with van der Waals surface area (Å²) in [4.78, 5) is 14.7. The van der Waals surface area contributed by atoms with E-state index in [1.165, 1.54) is 12.1 Å². The van der Waals surface area contributed by atoms with Crippen LogP contribution in [0.4, 0.5) is 10.1 Å². The number of fused-ring (bicyclic) bond motifs is 1. The Morgan fingerprint density at radius 2 is 1.80 bits per heavy atom. The molecule has 0 unspecified atom stereocenters. The van der Waals surface area contributed by atoms with E-state index in [4.69, 9.17) is 25.8 Å². The Balaban J connectivity index is 1.52. The van der Waals surface area contributed by atoms with Gasteiger partial charge in [0.1, 0.15) is 17.6 Å². The van der Waals surface area contributed by atoms with Gasteiger partial charge in [-0.3, -0.25) is 9.69 Å². The van der Waals surface area contributed by atoms with Crippen molar-refractivity contribution >= 4 is 23.2 Å². The van der Waals surface area contributed by atoms with Crippen molar-refractivity contribution in [3.63, 3.8) is 0 Å². The van der Waals surface area contributed by atoms with Crippen LogP contribution in [-0.4, -0.2) is 18.8 Å². The number of carbonyl (C=O) groups is 1. The summed E-state index contributed by atoms with van der Waals surface area (Å²) in [6, 6.07) is 16.2. The van der Waals surface area contributed by atoms with E-state index >= 15 is 0 Å². The summed E-state index contributed by atoms with van der Waals surface area (Å²) >= 11 is 6.04. The first-order valence-electron chi connectivity index (χ1n) is 9.42. The van der Waals surface area contributed by atoms with Gasteiger partial charge in [0.05, 0.1) is 0 Å². The third kappa shape index (κ3) is 3.13. The van der Waals surface area contributed by atoms with E-state index < -0.39 is 12.1 Å². The molecule has 0 aromatic heterocycles. The first kappa shape index (κ1) is 18.8. The van der Waals surface area contributed by atoms with Crippen LogP contribution < -0.4 is 19.1 Å². The molecular weight excluding hydrogens is 409 g/mol. The summed E-state index contributed by atoms with van der Waals surface area (Å²) in [7, 11) is 0. The molecule has 2 aliphatic heterocycles. The minimum absolute atomic E-state index is 0.161. The van der Waals surface area contributed by atoms with E-state index in [-0.39, 0.29) is 18.5 Å². The highest BCUT2D eigenvalue weighted by molar-refractivity contribution is 6.30. The van der Waals surface area contributed by atoms with Gasteiger partial charge in [0, 0.05) is 10.7 Å². The van der Waals surface area contributed by atoms with Crippen LogP contribution in [0.5, 0.6) is 17.2 Å². The summed E-state index contributed by atoms with van der Waals surface area (Å²) in [5, 5.41) is 0.597. The molecule has 1 saturated heterocycles. The second-order valence-electron chi connectivity index (χ2n) is 7.19. The highest BCUT2D eigenvalue weighted by atomic mass is 35.5. The maximum Gasteiger partial charge on any atom is 0.271 e. The third-order valence-electron chi connectivity index (χ3n) is 5.28. The molecule has 2 atom stereocenters. The van der Waals surface area contributed by atoms with Crippen LogP contribution in [0.2, 0.25) is 5.02 Å². The number of anilines is 1. The minimum Gasteiger partial charge on any atom is -0.478 e. The fourth-order valence-corrected chi connectivity index (χ4v) is 4.00. The Labute approximate surface area is 177 Å². The smallest absolute Gasteiger partial charge is 0.271 e. The number of β-lactam (4-membered cyclic amide) rings is 1.